The highest BCUT2D eigenvalue weighted by molar-refractivity contribution is 5.99. The fourth-order valence-electron chi connectivity index (χ4n) is 2.24. The molecule has 5 heteroatoms. The number of nitrogens with one attached hydrogen (secondary N) is 1. The number of ether oxygens (including phenoxy) is 1. The highest BCUT2D eigenvalue weighted by Gasteiger charge is 2.11. The highest BCUT2D eigenvalue weighted by atomic mass is 16.5. The summed E-state index contributed by atoms with van der Waals surface area (Å²) in [6.07, 6.45) is 0. The van der Waals surface area contributed by atoms with Crippen molar-refractivity contribution in [2.75, 3.05) is 13.7 Å². The van der Waals surface area contributed by atoms with E-state index in [1.807, 2.05) is 24.3 Å². The van der Waals surface area contributed by atoms with Crippen LogP contribution in [0.15, 0.2) is 42.5 Å². The van der Waals surface area contributed by atoms with Crippen molar-refractivity contribution in [1.29, 1.82) is 0 Å². The van der Waals surface area contributed by atoms with Gasteiger partial charge in [-0.1, -0.05) is 12.1 Å². The number of para-hydroxylation sites is 1. The van der Waals surface area contributed by atoms with Gasteiger partial charge in [-0.05, 0) is 30.3 Å². The molecule has 3 aromatic rings. The van der Waals surface area contributed by atoms with Gasteiger partial charge in [0.1, 0.15) is 18.2 Å². The normalized spacial score (nSPS) is 10.8. The molecule has 106 valence electrons. The third-order valence-electron chi connectivity index (χ3n) is 3.31. The predicted octanol–water partition coefficient (Wildman–Crippen LogP) is 2.41. The van der Waals surface area contributed by atoms with Gasteiger partial charge >= 0.3 is 0 Å². The van der Waals surface area contributed by atoms with Crippen molar-refractivity contribution in [2.45, 2.75) is 0 Å². The average Bonchev–Trinajstić information content (AvgIpc) is 2.96. The van der Waals surface area contributed by atoms with E-state index < -0.39 is 6.61 Å². The number of nitrogens with zero attached hydrogens (tertiary/aromatic N) is 1. The summed E-state index contributed by atoms with van der Waals surface area (Å²) in [6, 6.07) is 12.7. The van der Waals surface area contributed by atoms with Gasteiger partial charge < -0.3 is 14.8 Å². The lowest BCUT2D eigenvalue weighted by atomic mass is 10.1. The molecule has 0 spiro atoms. The van der Waals surface area contributed by atoms with Crippen LogP contribution in [0.25, 0.3) is 22.4 Å². The minimum absolute atomic E-state index is 0.314. The number of H-pyrrole nitrogens is 1. The van der Waals surface area contributed by atoms with E-state index in [1.54, 1.807) is 25.3 Å². The maximum absolute atomic E-state index is 11.5. The number of carbonyl (C=O) groups is 1. The summed E-state index contributed by atoms with van der Waals surface area (Å²) in [6.45, 7) is -0.501. The number of aromatic amines is 1. The van der Waals surface area contributed by atoms with Crippen LogP contribution >= 0.6 is 0 Å². The van der Waals surface area contributed by atoms with Crippen LogP contribution in [-0.4, -0.2) is 34.6 Å². The molecule has 1 aromatic heterocycles. The predicted molar refractivity (Wildman–Crippen MR) is 79.5 cm³/mol. The van der Waals surface area contributed by atoms with Gasteiger partial charge in [-0.25, -0.2) is 4.98 Å². The third kappa shape index (κ3) is 2.39. The van der Waals surface area contributed by atoms with Gasteiger partial charge in [-0.3, -0.25) is 4.79 Å². The summed E-state index contributed by atoms with van der Waals surface area (Å²) in [5.41, 5.74) is 2.81. The van der Waals surface area contributed by atoms with Crippen molar-refractivity contribution in [3.05, 3.63) is 48.0 Å². The van der Waals surface area contributed by atoms with Crippen molar-refractivity contribution in [3.8, 4) is 17.1 Å². The Morgan fingerprint density at radius 1 is 1.29 bits per heavy atom. The maximum Gasteiger partial charge on any atom is 0.188 e. The molecule has 0 aliphatic heterocycles. The number of hydrogen-bond donors (Lipinski definition) is 2. The van der Waals surface area contributed by atoms with Crippen LogP contribution < -0.4 is 4.74 Å². The molecule has 0 amide bonds. The van der Waals surface area contributed by atoms with Crippen molar-refractivity contribution < 1.29 is 14.6 Å². The molecule has 0 saturated carbocycles. The Morgan fingerprint density at radius 2 is 2.10 bits per heavy atom. The minimum atomic E-state index is -0.501. The lowest BCUT2D eigenvalue weighted by Gasteiger charge is -2.04. The largest absolute Gasteiger partial charge is 0.496 e. The van der Waals surface area contributed by atoms with E-state index in [-0.39, 0.29) is 5.78 Å². The quantitative estimate of drug-likeness (QED) is 0.721. The number of methoxy groups -OCH3 is 1. The van der Waals surface area contributed by atoms with Gasteiger partial charge in [-0.15, -0.1) is 0 Å². The topological polar surface area (TPSA) is 75.2 Å². The second-order valence-electron chi connectivity index (χ2n) is 4.60. The Hall–Kier alpha value is -2.66. The standard InChI is InChI=1S/C16H14N2O3/c1-21-15-5-3-2-4-11(15)16-17-12-7-6-10(14(20)9-19)8-13(12)18-16/h2-8,19H,9H2,1H3,(H,17,18). The van der Waals surface area contributed by atoms with Crippen LogP contribution in [0.3, 0.4) is 0 Å². The van der Waals surface area contributed by atoms with Gasteiger partial charge in [0.25, 0.3) is 0 Å². The molecule has 1 heterocycles. The number of aliphatic hydroxyl groups excluding tert-OH is 1. The van der Waals surface area contributed by atoms with Gasteiger partial charge in [0, 0.05) is 5.56 Å². The molecule has 5 nitrogen and oxygen atoms in total. The number of imidazole rings is 1. The first-order valence-corrected chi connectivity index (χ1v) is 6.50. The first-order chi connectivity index (χ1) is 10.2. The molecule has 3 rings (SSSR count). The molecule has 0 aliphatic carbocycles. The zero-order valence-electron chi connectivity index (χ0n) is 11.5. The summed E-state index contributed by atoms with van der Waals surface area (Å²) in [5, 5.41) is 8.92. The Bertz CT molecular complexity index is 808. The van der Waals surface area contributed by atoms with Crippen LogP contribution in [-0.2, 0) is 0 Å². The minimum Gasteiger partial charge on any atom is -0.496 e. The number of ketones is 1. The first kappa shape index (κ1) is 13.3. The van der Waals surface area contributed by atoms with Crippen LogP contribution in [0.4, 0.5) is 0 Å². The Balaban J connectivity index is 2.11. The van der Waals surface area contributed by atoms with Crippen LogP contribution in [0.1, 0.15) is 10.4 Å². The van der Waals surface area contributed by atoms with Crippen molar-refractivity contribution in [2.24, 2.45) is 0 Å². The fraction of sp³-hybridized carbons (Fsp3) is 0.125. The second kappa shape index (κ2) is 5.38. The lowest BCUT2D eigenvalue weighted by molar-refractivity contribution is 0.0904. The lowest BCUT2D eigenvalue weighted by Crippen LogP contribution is -2.03. The summed E-state index contributed by atoms with van der Waals surface area (Å²) in [4.78, 5) is 19.2. The van der Waals surface area contributed by atoms with E-state index in [9.17, 15) is 4.79 Å². The summed E-state index contributed by atoms with van der Waals surface area (Å²) >= 11 is 0. The van der Waals surface area contributed by atoms with Gasteiger partial charge in [-0.2, -0.15) is 0 Å². The smallest absolute Gasteiger partial charge is 0.188 e. The number of aromatic nitrogens is 2. The van der Waals surface area contributed by atoms with E-state index >= 15 is 0 Å². The zero-order valence-corrected chi connectivity index (χ0v) is 11.5. The van der Waals surface area contributed by atoms with Crippen molar-refractivity contribution in [1.82, 2.24) is 9.97 Å². The molecular weight excluding hydrogens is 268 g/mol. The Morgan fingerprint density at radius 3 is 2.86 bits per heavy atom. The van der Waals surface area contributed by atoms with E-state index in [2.05, 4.69) is 9.97 Å². The molecule has 0 bridgehead atoms. The zero-order chi connectivity index (χ0) is 14.8. The number of fused-ring (bicyclic) bond motifs is 1. The number of Topliss-reactive ketones (excluding diaryl/α,β-unsaturated/α-hetero) is 1. The van der Waals surface area contributed by atoms with Gasteiger partial charge in [0.15, 0.2) is 5.78 Å². The number of rotatable bonds is 4. The molecule has 0 saturated heterocycles. The number of hydrogen-bond acceptors (Lipinski definition) is 4. The van der Waals surface area contributed by atoms with Crippen molar-refractivity contribution in [3.63, 3.8) is 0 Å². The van der Waals surface area contributed by atoms with Crippen LogP contribution in [0.5, 0.6) is 5.75 Å². The SMILES string of the molecule is COc1ccccc1-c1nc2ccc(C(=O)CO)cc2[nH]1. The molecule has 2 N–H and O–H groups in total. The number of benzene rings is 2. The number of aliphatic hydroxyl groups is 1. The molecule has 21 heavy (non-hydrogen) atoms. The molecular formula is C16H14N2O3. The maximum atomic E-state index is 11.5. The first-order valence-electron chi connectivity index (χ1n) is 6.50. The summed E-state index contributed by atoms with van der Waals surface area (Å²) < 4.78 is 5.33. The van der Waals surface area contributed by atoms with E-state index in [0.29, 0.717) is 11.4 Å². The van der Waals surface area contributed by atoms with Gasteiger partial charge in [0.05, 0.1) is 23.7 Å². The fourth-order valence-corrected chi connectivity index (χ4v) is 2.24. The van der Waals surface area contributed by atoms with E-state index in [4.69, 9.17) is 9.84 Å². The molecule has 0 radical (unpaired) electrons. The molecule has 0 atom stereocenters. The van der Waals surface area contributed by atoms with E-state index in [1.165, 1.54) is 0 Å². The van der Waals surface area contributed by atoms with Crippen LogP contribution in [0.2, 0.25) is 0 Å². The second-order valence-corrected chi connectivity index (χ2v) is 4.60. The van der Waals surface area contributed by atoms with Crippen molar-refractivity contribution >= 4 is 16.8 Å². The summed E-state index contributed by atoms with van der Waals surface area (Å²) in [5.74, 6) is 1.09. The molecule has 0 aliphatic rings. The average molecular weight is 282 g/mol. The molecule has 0 fully saturated rings. The molecule has 0 unspecified atom stereocenters. The Kier molecular flexibility index (Phi) is 3.41. The van der Waals surface area contributed by atoms with Gasteiger partial charge in [0.2, 0.25) is 0 Å². The van der Waals surface area contributed by atoms with Crippen LogP contribution in [0, 0.1) is 0 Å². The monoisotopic (exact) mass is 282 g/mol. The Labute approximate surface area is 121 Å². The van der Waals surface area contributed by atoms with E-state index in [0.717, 1.165) is 22.3 Å². The highest BCUT2D eigenvalue weighted by Crippen LogP contribution is 2.29. The summed E-state index contributed by atoms with van der Waals surface area (Å²) in [7, 11) is 1.61. The number of carbonyl (C=O) groups excluding carboxylic acids is 1. The third-order valence-corrected chi connectivity index (χ3v) is 3.31. The molecule has 2 aromatic carbocycles.